The van der Waals surface area contributed by atoms with Gasteiger partial charge >= 0.3 is 0 Å². The normalized spacial score (nSPS) is 30.6. The molecule has 0 saturated heterocycles. The van der Waals surface area contributed by atoms with Crippen LogP contribution in [0.5, 0.6) is 0 Å². The lowest BCUT2D eigenvalue weighted by molar-refractivity contribution is 0.599. The van der Waals surface area contributed by atoms with E-state index in [4.69, 9.17) is 0 Å². The van der Waals surface area contributed by atoms with Crippen LogP contribution in [0.2, 0.25) is 0 Å². The van der Waals surface area contributed by atoms with Crippen LogP contribution in [0.3, 0.4) is 0 Å². The van der Waals surface area contributed by atoms with E-state index >= 15 is 0 Å². The summed E-state index contributed by atoms with van der Waals surface area (Å²) in [5.41, 5.74) is 0. The van der Waals surface area contributed by atoms with Gasteiger partial charge in [0.25, 0.3) is 0 Å². The summed E-state index contributed by atoms with van der Waals surface area (Å²) in [5.74, 6) is 1.04. The molecule has 0 aromatic heterocycles. The summed E-state index contributed by atoms with van der Waals surface area (Å²) in [4.78, 5) is 0.883. The van der Waals surface area contributed by atoms with Gasteiger partial charge in [0.05, 0.1) is 0 Å². The van der Waals surface area contributed by atoms with Crippen molar-refractivity contribution in [1.29, 1.82) is 0 Å². The average molecular weight is 205 g/mol. The van der Waals surface area contributed by atoms with Gasteiger partial charge in [-0.15, -0.1) is 0 Å². The molecule has 0 radical (unpaired) electrons. The van der Waals surface area contributed by atoms with Crippen LogP contribution in [-0.2, 0) is 0 Å². The van der Waals surface area contributed by atoms with E-state index in [-0.39, 0.29) is 0 Å². The fourth-order valence-electron chi connectivity index (χ4n) is 1.34. The summed E-state index contributed by atoms with van der Waals surface area (Å²) >= 11 is 3.62. The predicted octanol–water partition coefficient (Wildman–Crippen LogP) is 3.74. The standard InChI is InChI=1S/C9H17Br/c1-2-3-4-5-6-8-7-9(8)10/h8-9H,2-7H2,1H3. The first kappa shape index (κ1) is 8.58. The summed E-state index contributed by atoms with van der Waals surface area (Å²) in [6.45, 7) is 2.27. The quantitative estimate of drug-likeness (QED) is 0.473. The molecule has 0 N–H and O–H groups in total. The lowest BCUT2D eigenvalue weighted by Crippen LogP contribution is -1.81. The summed E-state index contributed by atoms with van der Waals surface area (Å²) in [5, 5.41) is 0. The molecule has 0 aliphatic heterocycles. The molecule has 1 aliphatic rings. The van der Waals surface area contributed by atoms with E-state index in [1.54, 1.807) is 0 Å². The Hall–Kier alpha value is 0.480. The van der Waals surface area contributed by atoms with Crippen LogP contribution < -0.4 is 0 Å². The minimum absolute atomic E-state index is 0.883. The summed E-state index contributed by atoms with van der Waals surface area (Å²) in [7, 11) is 0. The number of rotatable bonds is 5. The van der Waals surface area contributed by atoms with Crippen molar-refractivity contribution in [2.24, 2.45) is 5.92 Å². The first-order valence-corrected chi connectivity index (χ1v) is 5.40. The van der Waals surface area contributed by atoms with Gasteiger partial charge in [0.2, 0.25) is 0 Å². The number of hydrogen-bond donors (Lipinski definition) is 0. The van der Waals surface area contributed by atoms with E-state index in [9.17, 15) is 0 Å². The largest absolute Gasteiger partial charge is 0.0888 e. The molecule has 0 nitrogen and oxygen atoms in total. The molecular weight excluding hydrogens is 188 g/mol. The fraction of sp³-hybridized carbons (Fsp3) is 1.00. The second-order valence-electron chi connectivity index (χ2n) is 3.36. The van der Waals surface area contributed by atoms with Gasteiger partial charge in [-0.2, -0.15) is 0 Å². The predicted molar refractivity (Wildman–Crippen MR) is 49.6 cm³/mol. The van der Waals surface area contributed by atoms with Crippen LogP contribution in [0.4, 0.5) is 0 Å². The topological polar surface area (TPSA) is 0 Å². The maximum atomic E-state index is 3.62. The minimum atomic E-state index is 0.883. The summed E-state index contributed by atoms with van der Waals surface area (Å²) in [6, 6.07) is 0. The van der Waals surface area contributed by atoms with Gasteiger partial charge in [-0.1, -0.05) is 48.5 Å². The van der Waals surface area contributed by atoms with Gasteiger partial charge in [0.15, 0.2) is 0 Å². The van der Waals surface area contributed by atoms with Crippen LogP contribution in [-0.4, -0.2) is 4.83 Å². The van der Waals surface area contributed by atoms with Crippen molar-refractivity contribution >= 4 is 15.9 Å². The fourth-order valence-corrected chi connectivity index (χ4v) is 2.09. The Balaban J connectivity index is 1.78. The highest BCUT2D eigenvalue weighted by Gasteiger charge is 2.33. The molecule has 2 atom stereocenters. The molecule has 10 heavy (non-hydrogen) atoms. The van der Waals surface area contributed by atoms with Crippen molar-refractivity contribution < 1.29 is 0 Å². The molecule has 1 fully saturated rings. The zero-order valence-electron chi connectivity index (χ0n) is 6.78. The van der Waals surface area contributed by atoms with E-state index in [1.807, 2.05) is 0 Å². The van der Waals surface area contributed by atoms with Gasteiger partial charge in [-0.3, -0.25) is 0 Å². The Bertz CT molecular complexity index is 90.7. The Labute approximate surface area is 72.5 Å². The molecule has 1 saturated carbocycles. The van der Waals surface area contributed by atoms with E-state index in [0.717, 1.165) is 10.7 Å². The molecule has 0 amide bonds. The van der Waals surface area contributed by atoms with Gasteiger partial charge in [0.1, 0.15) is 0 Å². The zero-order chi connectivity index (χ0) is 7.40. The third-order valence-corrected chi connectivity index (χ3v) is 3.39. The summed E-state index contributed by atoms with van der Waals surface area (Å²) < 4.78 is 0. The van der Waals surface area contributed by atoms with E-state index < -0.39 is 0 Å². The molecule has 1 aliphatic carbocycles. The molecule has 1 rings (SSSR count). The highest BCUT2D eigenvalue weighted by atomic mass is 79.9. The second-order valence-corrected chi connectivity index (χ2v) is 4.54. The Morgan fingerprint density at radius 1 is 1.30 bits per heavy atom. The van der Waals surface area contributed by atoms with Gasteiger partial charge < -0.3 is 0 Å². The first-order valence-electron chi connectivity index (χ1n) is 4.48. The first-order chi connectivity index (χ1) is 4.84. The monoisotopic (exact) mass is 204 g/mol. The Morgan fingerprint density at radius 2 is 2.00 bits per heavy atom. The van der Waals surface area contributed by atoms with Crippen molar-refractivity contribution in [3.05, 3.63) is 0 Å². The molecule has 0 spiro atoms. The lowest BCUT2D eigenvalue weighted by atomic mass is 10.1. The molecule has 0 aromatic carbocycles. The third kappa shape index (κ3) is 3.05. The average Bonchev–Trinajstić information content (AvgIpc) is 2.60. The molecule has 0 heterocycles. The van der Waals surface area contributed by atoms with Crippen LogP contribution in [0, 0.1) is 5.92 Å². The maximum absolute atomic E-state index is 3.62. The Morgan fingerprint density at radius 3 is 2.50 bits per heavy atom. The second kappa shape index (κ2) is 4.38. The molecular formula is C9H17Br. The minimum Gasteiger partial charge on any atom is -0.0888 e. The third-order valence-electron chi connectivity index (χ3n) is 2.26. The number of alkyl halides is 1. The van der Waals surface area contributed by atoms with Crippen molar-refractivity contribution in [1.82, 2.24) is 0 Å². The van der Waals surface area contributed by atoms with Crippen LogP contribution in [0.25, 0.3) is 0 Å². The highest BCUT2D eigenvalue weighted by Crippen LogP contribution is 2.41. The SMILES string of the molecule is CCCCCCC1CC1Br. The Kier molecular flexibility index (Phi) is 3.75. The van der Waals surface area contributed by atoms with Gasteiger partial charge in [0, 0.05) is 4.83 Å². The molecule has 0 aromatic rings. The number of hydrogen-bond acceptors (Lipinski definition) is 0. The van der Waals surface area contributed by atoms with E-state index in [0.29, 0.717) is 0 Å². The summed E-state index contributed by atoms with van der Waals surface area (Å²) in [6.07, 6.45) is 8.61. The van der Waals surface area contributed by atoms with Crippen molar-refractivity contribution in [2.45, 2.75) is 50.3 Å². The van der Waals surface area contributed by atoms with Gasteiger partial charge in [-0.05, 0) is 18.8 Å². The molecule has 60 valence electrons. The van der Waals surface area contributed by atoms with Crippen molar-refractivity contribution in [2.75, 3.05) is 0 Å². The molecule has 0 bridgehead atoms. The van der Waals surface area contributed by atoms with Crippen molar-refractivity contribution in [3.63, 3.8) is 0 Å². The number of halogens is 1. The lowest BCUT2D eigenvalue weighted by Gasteiger charge is -1.96. The van der Waals surface area contributed by atoms with E-state index in [1.165, 1.54) is 38.5 Å². The number of unbranched alkanes of at least 4 members (excludes halogenated alkanes) is 3. The smallest absolute Gasteiger partial charge is 0.0177 e. The zero-order valence-corrected chi connectivity index (χ0v) is 8.36. The molecule has 1 heteroatoms. The van der Waals surface area contributed by atoms with Crippen LogP contribution in [0.15, 0.2) is 0 Å². The van der Waals surface area contributed by atoms with Crippen LogP contribution >= 0.6 is 15.9 Å². The molecule has 2 unspecified atom stereocenters. The van der Waals surface area contributed by atoms with Crippen LogP contribution in [0.1, 0.15) is 45.4 Å². The highest BCUT2D eigenvalue weighted by molar-refractivity contribution is 9.09. The van der Waals surface area contributed by atoms with Crippen molar-refractivity contribution in [3.8, 4) is 0 Å². The maximum Gasteiger partial charge on any atom is 0.0177 e. The van der Waals surface area contributed by atoms with E-state index in [2.05, 4.69) is 22.9 Å². The van der Waals surface area contributed by atoms with Gasteiger partial charge in [-0.25, -0.2) is 0 Å².